The van der Waals surface area contributed by atoms with Crippen molar-refractivity contribution in [2.75, 3.05) is 0 Å². The first-order chi connectivity index (χ1) is 7.22. The van der Waals surface area contributed by atoms with Crippen LogP contribution in [0.1, 0.15) is 30.0 Å². The molecule has 1 N–H and O–H groups in total. The van der Waals surface area contributed by atoms with Gasteiger partial charge in [0.2, 0.25) is 0 Å². The second-order valence-corrected chi connectivity index (χ2v) is 6.08. The van der Waals surface area contributed by atoms with Gasteiger partial charge in [0.25, 0.3) is 0 Å². The van der Waals surface area contributed by atoms with E-state index in [4.69, 9.17) is 0 Å². The summed E-state index contributed by atoms with van der Waals surface area (Å²) in [5.74, 6) is 2.48. The van der Waals surface area contributed by atoms with Crippen molar-refractivity contribution in [2.24, 2.45) is 17.8 Å². The van der Waals surface area contributed by atoms with Crippen LogP contribution in [-0.2, 0) is 6.42 Å². The van der Waals surface area contributed by atoms with E-state index in [-0.39, 0.29) is 6.10 Å². The molecule has 2 nitrogen and oxygen atoms in total. The molecule has 0 spiro atoms. The number of aryl methyl sites for hydroxylation is 1. The van der Waals surface area contributed by atoms with E-state index in [0.29, 0.717) is 5.92 Å². The van der Waals surface area contributed by atoms with Gasteiger partial charge >= 0.3 is 0 Å². The average Bonchev–Trinajstić information content (AvgIpc) is 2.61. The first-order valence-corrected chi connectivity index (χ1v) is 6.69. The molecule has 3 atom stereocenters. The van der Waals surface area contributed by atoms with E-state index in [0.717, 1.165) is 29.0 Å². The molecule has 1 aromatic heterocycles. The molecule has 0 bridgehead atoms. The SMILES string of the molecule is Cc1csc(CC(O)C2CC3CC3C2)n1. The summed E-state index contributed by atoms with van der Waals surface area (Å²) in [6.07, 6.45) is 4.57. The van der Waals surface area contributed by atoms with Gasteiger partial charge in [-0.15, -0.1) is 11.3 Å². The summed E-state index contributed by atoms with van der Waals surface area (Å²) in [5, 5.41) is 13.3. The number of fused-ring (bicyclic) bond motifs is 1. The molecule has 3 heteroatoms. The zero-order valence-corrected chi connectivity index (χ0v) is 9.83. The van der Waals surface area contributed by atoms with E-state index in [1.165, 1.54) is 19.3 Å². The number of nitrogens with zero attached hydrogens (tertiary/aromatic N) is 1. The molecule has 3 rings (SSSR count). The van der Waals surface area contributed by atoms with Gasteiger partial charge in [0.1, 0.15) is 0 Å². The van der Waals surface area contributed by atoms with Gasteiger partial charge in [0.05, 0.1) is 11.1 Å². The maximum absolute atomic E-state index is 10.1. The minimum atomic E-state index is -0.150. The summed E-state index contributed by atoms with van der Waals surface area (Å²) in [4.78, 5) is 4.41. The van der Waals surface area contributed by atoms with Crippen molar-refractivity contribution in [3.63, 3.8) is 0 Å². The topological polar surface area (TPSA) is 33.1 Å². The third-order valence-electron chi connectivity index (χ3n) is 3.87. The fourth-order valence-electron chi connectivity index (χ4n) is 2.92. The fraction of sp³-hybridized carbons (Fsp3) is 0.750. The van der Waals surface area contributed by atoms with E-state index < -0.39 is 0 Å². The lowest BCUT2D eigenvalue weighted by molar-refractivity contribution is 0.104. The highest BCUT2D eigenvalue weighted by molar-refractivity contribution is 7.09. The van der Waals surface area contributed by atoms with Crippen molar-refractivity contribution in [2.45, 2.75) is 38.7 Å². The smallest absolute Gasteiger partial charge is 0.0954 e. The quantitative estimate of drug-likeness (QED) is 0.853. The van der Waals surface area contributed by atoms with Crippen LogP contribution in [0, 0.1) is 24.7 Å². The number of thiazole rings is 1. The number of hydrogen-bond acceptors (Lipinski definition) is 3. The molecule has 1 heterocycles. The van der Waals surface area contributed by atoms with Crippen LogP contribution in [0.3, 0.4) is 0 Å². The Bertz CT molecular complexity index is 352. The number of aliphatic hydroxyl groups excluding tert-OH is 1. The lowest BCUT2D eigenvalue weighted by Crippen LogP contribution is -2.21. The molecule has 0 amide bonds. The summed E-state index contributed by atoms with van der Waals surface area (Å²) in [7, 11) is 0. The number of aliphatic hydroxyl groups is 1. The molecule has 2 saturated carbocycles. The molecule has 0 aromatic carbocycles. The summed E-state index contributed by atoms with van der Waals surface area (Å²) < 4.78 is 0. The summed E-state index contributed by atoms with van der Waals surface area (Å²) in [6.45, 7) is 2.01. The van der Waals surface area contributed by atoms with Crippen LogP contribution >= 0.6 is 11.3 Å². The van der Waals surface area contributed by atoms with E-state index in [1.54, 1.807) is 11.3 Å². The second-order valence-electron chi connectivity index (χ2n) is 5.14. The van der Waals surface area contributed by atoms with Crippen LogP contribution in [0.4, 0.5) is 0 Å². The molecular formula is C12H17NOS. The maximum Gasteiger partial charge on any atom is 0.0954 e. The summed E-state index contributed by atoms with van der Waals surface area (Å²) in [6, 6.07) is 0. The molecule has 2 aliphatic carbocycles. The van der Waals surface area contributed by atoms with Gasteiger partial charge in [-0.25, -0.2) is 4.98 Å². The van der Waals surface area contributed by atoms with Gasteiger partial charge in [0.15, 0.2) is 0 Å². The van der Waals surface area contributed by atoms with Crippen LogP contribution in [0.25, 0.3) is 0 Å². The Balaban J connectivity index is 1.58. The highest BCUT2D eigenvalue weighted by atomic mass is 32.1. The van der Waals surface area contributed by atoms with Crippen molar-refractivity contribution in [3.05, 3.63) is 16.1 Å². The lowest BCUT2D eigenvalue weighted by atomic mass is 9.95. The Kier molecular flexibility index (Phi) is 2.33. The van der Waals surface area contributed by atoms with Crippen LogP contribution in [-0.4, -0.2) is 16.2 Å². The van der Waals surface area contributed by atoms with Crippen LogP contribution < -0.4 is 0 Å². The first kappa shape index (κ1) is 9.79. The molecule has 1 aromatic rings. The predicted molar refractivity (Wildman–Crippen MR) is 60.9 cm³/mol. The molecule has 2 fully saturated rings. The maximum atomic E-state index is 10.1. The molecule has 82 valence electrons. The highest BCUT2D eigenvalue weighted by Crippen LogP contribution is 2.55. The van der Waals surface area contributed by atoms with Gasteiger partial charge < -0.3 is 5.11 Å². The van der Waals surface area contributed by atoms with E-state index in [2.05, 4.69) is 10.4 Å². The zero-order valence-electron chi connectivity index (χ0n) is 9.02. The van der Waals surface area contributed by atoms with Crippen LogP contribution in [0.15, 0.2) is 5.38 Å². The molecule has 3 unspecified atom stereocenters. The number of hydrogen-bond donors (Lipinski definition) is 1. The average molecular weight is 223 g/mol. The second kappa shape index (κ2) is 3.56. The largest absolute Gasteiger partial charge is 0.392 e. The normalized spacial score (nSPS) is 35.2. The van der Waals surface area contributed by atoms with Crippen molar-refractivity contribution < 1.29 is 5.11 Å². The number of aromatic nitrogens is 1. The Morgan fingerprint density at radius 2 is 2.20 bits per heavy atom. The third kappa shape index (κ3) is 1.95. The molecule has 0 radical (unpaired) electrons. The van der Waals surface area contributed by atoms with E-state index in [9.17, 15) is 5.11 Å². The Labute approximate surface area is 94.4 Å². The molecular weight excluding hydrogens is 206 g/mol. The lowest BCUT2D eigenvalue weighted by Gasteiger charge is -2.18. The van der Waals surface area contributed by atoms with Gasteiger partial charge in [-0.1, -0.05) is 0 Å². The van der Waals surface area contributed by atoms with Crippen molar-refractivity contribution >= 4 is 11.3 Å². The Hall–Kier alpha value is -0.410. The minimum absolute atomic E-state index is 0.150. The monoisotopic (exact) mass is 223 g/mol. The molecule has 0 saturated heterocycles. The van der Waals surface area contributed by atoms with Gasteiger partial charge in [0, 0.05) is 17.5 Å². The van der Waals surface area contributed by atoms with E-state index in [1.807, 2.05) is 6.92 Å². The van der Waals surface area contributed by atoms with Crippen molar-refractivity contribution in [1.29, 1.82) is 0 Å². The first-order valence-electron chi connectivity index (χ1n) is 5.81. The van der Waals surface area contributed by atoms with Gasteiger partial charge in [-0.2, -0.15) is 0 Å². The van der Waals surface area contributed by atoms with Gasteiger partial charge in [-0.3, -0.25) is 0 Å². The number of rotatable bonds is 3. The van der Waals surface area contributed by atoms with Crippen molar-refractivity contribution in [1.82, 2.24) is 4.98 Å². The van der Waals surface area contributed by atoms with Crippen LogP contribution in [0.2, 0.25) is 0 Å². The standard InChI is InChI=1S/C12H17NOS/c1-7-6-15-12(13-7)5-11(14)10-3-8-2-9(8)4-10/h6,8-11,14H,2-5H2,1H3. The Morgan fingerprint density at radius 1 is 1.47 bits per heavy atom. The summed E-state index contributed by atoms with van der Waals surface area (Å²) in [5.41, 5.74) is 1.08. The third-order valence-corrected chi connectivity index (χ3v) is 4.86. The van der Waals surface area contributed by atoms with Crippen LogP contribution in [0.5, 0.6) is 0 Å². The Morgan fingerprint density at radius 3 is 2.80 bits per heavy atom. The summed E-state index contributed by atoms with van der Waals surface area (Å²) >= 11 is 1.68. The van der Waals surface area contributed by atoms with Crippen molar-refractivity contribution in [3.8, 4) is 0 Å². The zero-order chi connectivity index (χ0) is 10.4. The molecule has 2 aliphatic rings. The van der Waals surface area contributed by atoms with E-state index >= 15 is 0 Å². The highest BCUT2D eigenvalue weighted by Gasteiger charge is 2.47. The fourth-order valence-corrected chi connectivity index (χ4v) is 3.74. The molecule has 15 heavy (non-hydrogen) atoms. The predicted octanol–water partition coefficient (Wildman–Crippen LogP) is 2.40. The molecule has 0 aliphatic heterocycles. The minimum Gasteiger partial charge on any atom is -0.392 e. The van der Waals surface area contributed by atoms with Gasteiger partial charge in [-0.05, 0) is 43.9 Å².